The molecule has 3 aromatic heterocycles. The van der Waals surface area contributed by atoms with Gasteiger partial charge in [0.2, 0.25) is 5.88 Å². The Kier molecular flexibility index (Phi) is 5.11. The van der Waals surface area contributed by atoms with Crippen molar-refractivity contribution in [2.75, 3.05) is 0 Å². The highest BCUT2D eigenvalue weighted by molar-refractivity contribution is 7.09. The van der Waals surface area contributed by atoms with E-state index in [4.69, 9.17) is 9.15 Å². The van der Waals surface area contributed by atoms with Crippen molar-refractivity contribution in [2.24, 2.45) is 4.99 Å². The number of fused-ring (bicyclic) bond motifs is 3. The first kappa shape index (κ1) is 19.3. The lowest BCUT2D eigenvalue weighted by atomic mass is 10.1. The van der Waals surface area contributed by atoms with Gasteiger partial charge in [-0.25, -0.2) is 4.98 Å². The van der Waals surface area contributed by atoms with Crippen LogP contribution in [0.4, 0.5) is 0 Å². The Morgan fingerprint density at radius 3 is 2.77 bits per heavy atom. The van der Waals surface area contributed by atoms with E-state index in [1.54, 1.807) is 11.3 Å². The zero-order valence-corrected chi connectivity index (χ0v) is 17.5. The summed E-state index contributed by atoms with van der Waals surface area (Å²) in [5, 5.41) is 13.7. The number of furan rings is 1. The topological polar surface area (TPSA) is 79.9 Å². The number of aliphatic imine (C=N–C) groups is 1. The first-order chi connectivity index (χ1) is 15.2. The Morgan fingerprint density at radius 2 is 1.94 bits per heavy atom. The van der Waals surface area contributed by atoms with Crippen molar-refractivity contribution < 1.29 is 14.4 Å². The fourth-order valence-electron chi connectivity index (χ4n) is 3.41. The number of aromatic nitrogens is 1. The number of rotatable bonds is 5. The van der Waals surface area contributed by atoms with E-state index in [0.29, 0.717) is 29.6 Å². The normalized spacial score (nSPS) is 11.9. The number of aryl methyl sites for hydroxylation is 1. The molecule has 0 spiro atoms. The molecule has 5 rings (SSSR count). The number of amidine groups is 1. The molecule has 0 saturated heterocycles. The Morgan fingerprint density at radius 1 is 1.06 bits per heavy atom. The fourth-order valence-corrected chi connectivity index (χ4v) is 4.04. The maximum Gasteiger partial charge on any atom is 0.230 e. The molecule has 154 valence electrons. The van der Waals surface area contributed by atoms with E-state index in [9.17, 15) is 5.21 Å². The number of nitrogens with zero attached hydrogens (tertiary/aromatic N) is 2. The van der Waals surface area contributed by atoms with Crippen molar-refractivity contribution in [3.63, 3.8) is 0 Å². The van der Waals surface area contributed by atoms with Gasteiger partial charge in [-0.05, 0) is 54.8 Å². The van der Waals surface area contributed by atoms with Gasteiger partial charge in [0.05, 0.1) is 12.1 Å². The van der Waals surface area contributed by atoms with Crippen molar-refractivity contribution in [1.29, 1.82) is 0 Å². The highest BCUT2D eigenvalue weighted by Gasteiger charge is 2.15. The minimum absolute atomic E-state index is 0.297. The quantitative estimate of drug-likeness (QED) is 0.201. The second-order valence-corrected chi connectivity index (χ2v) is 8.05. The molecule has 0 bridgehead atoms. The Labute approximate surface area is 182 Å². The molecule has 0 atom stereocenters. The van der Waals surface area contributed by atoms with E-state index in [0.717, 1.165) is 32.5 Å². The number of hydrogen-bond acceptors (Lipinski definition) is 6. The standard InChI is InChI=1S/C24H19N3O3S/c1-15-8-10-19(23(27-28)25-14-17-5-4-12-31-17)24(26-15)29-16-9-11-22-20(13-16)18-6-2-3-7-21(18)30-22/h2-13,28H,14H2,1H3,(H,25,27). The average molecular weight is 430 g/mol. The van der Waals surface area contributed by atoms with Crippen LogP contribution >= 0.6 is 11.3 Å². The molecule has 6 nitrogen and oxygen atoms in total. The van der Waals surface area contributed by atoms with Crippen LogP contribution in [0.15, 0.2) is 81.5 Å². The maximum atomic E-state index is 9.73. The third-order valence-corrected chi connectivity index (χ3v) is 5.76. The molecule has 31 heavy (non-hydrogen) atoms. The van der Waals surface area contributed by atoms with Crippen LogP contribution < -0.4 is 10.2 Å². The molecule has 5 aromatic rings. The molecule has 0 saturated carbocycles. The van der Waals surface area contributed by atoms with Gasteiger partial charge in [-0.3, -0.25) is 15.7 Å². The first-order valence-electron chi connectivity index (χ1n) is 9.75. The number of pyridine rings is 1. The van der Waals surface area contributed by atoms with Crippen molar-refractivity contribution in [2.45, 2.75) is 13.5 Å². The summed E-state index contributed by atoms with van der Waals surface area (Å²) in [5.41, 5.74) is 5.19. The van der Waals surface area contributed by atoms with Gasteiger partial charge in [-0.15, -0.1) is 11.3 Å². The number of benzene rings is 2. The van der Waals surface area contributed by atoms with Crippen LogP contribution in [0.25, 0.3) is 21.9 Å². The lowest BCUT2D eigenvalue weighted by Gasteiger charge is -2.12. The highest BCUT2D eigenvalue weighted by atomic mass is 32.1. The molecule has 7 heteroatoms. The molecular weight excluding hydrogens is 410 g/mol. The molecule has 0 amide bonds. The minimum atomic E-state index is 0.297. The second-order valence-electron chi connectivity index (χ2n) is 7.02. The van der Waals surface area contributed by atoms with E-state index < -0.39 is 0 Å². The van der Waals surface area contributed by atoms with Gasteiger partial charge in [-0.1, -0.05) is 24.3 Å². The van der Waals surface area contributed by atoms with Gasteiger partial charge in [0.25, 0.3) is 0 Å². The van der Waals surface area contributed by atoms with Crippen molar-refractivity contribution >= 4 is 39.1 Å². The van der Waals surface area contributed by atoms with Gasteiger partial charge >= 0.3 is 0 Å². The largest absolute Gasteiger partial charge is 0.456 e. The molecule has 2 N–H and O–H groups in total. The summed E-state index contributed by atoms with van der Waals surface area (Å²) in [6.07, 6.45) is 0. The van der Waals surface area contributed by atoms with Crippen LogP contribution in [0.5, 0.6) is 11.6 Å². The summed E-state index contributed by atoms with van der Waals surface area (Å²) in [6, 6.07) is 21.2. The van der Waals surface area contributed by atoms with E-state index in [1.165, 1.54) is 0 Å². The Balaban J connectivity index is 1.52. The molecule has 0 aliphatic rings. The zero-order chi connectivity index (χ0) is 21.2. The number of thiophene rings is 1. The highest BCUT2D eigenvalue weighted by Crippen LogP contribution is 2.33. The van der Waals surface area contributed by atoms with Crippen LogP contribution in [-0.4, -0.2) is 16.0 Å². The third-order valence-electron chi connectivity index (χ3n) is 4.90. The lowest BCUT2D eigenvalue weighted by molar-refractivity contribution is 0.234. The summed E-state index contributed by atoms with van der Waals surface area (Å²) < 4.78 is 12.0. The zero-order valence-electron chi connectivity index (χ0n) is 16.7. The lowest BCUT2D eigenvalue weighted by Crippen LogP contribution is -2.21. The molecule has 3 heterocycles. The monoisotopic (exact) mass is 429 g/mol. The Hall–Kier alpha value is -3.68. The van der Waals surface area contributed by atoms with Crippen LogP contribution in [0.3, 0.4) is 0 Å². The summed E-state index contributed by atoms with van der Waals surface area (Å²) in [4.78, 5) is 10.1. The van der Waals surface area contributed by atoms with Crippen molar-refractivity contribution in [3.8, 4) is 11.6 Å². The number of para-hydroxylation sites is 1. The molecule has 0 aliphatic carbocycles. The van der Waals surface area contributed by atoms with Crippen molar-refractivity contribution in [1.82, 2.24) is 10.5 Å². The predicted molar refractivity (Wildman–Crippen MR) is 122 cm³/mol. The van der Waals surface area contributed by atoms with Crippen LogP contribution in [-0.2, 0) is 6.54 Å². The Bertz CT molecular complexity index is 1390. The van der Waals surface area contributed by atoms with Crippen LogP contribution in [0.1, 0.15) is 16.1 Å². The van der Waals surface area contributed by atoms with E-state index in [2.05, 4.69) is 15.5 Å². The van der Waals surface area contributed by atoms with Gasteiger partial charge in [0.1, 0.15) is 16.9 Å². The van der Waals surface area contributed by atoms with E-state index >= 15 is 0 Å². The first-order valence-corrected chi connectivity index (χ1v) is 10.6. The van der Waals surface area contributed by atoms with Crippen LogP contribution in [0, 0.1) is 6.92 Å². The smallest absolute Gasteiger partial charge is 0.230 e. The predicted octanol–water partition coefficient (Wildman–Crippen LogP) is 6.07. The number of hydroxylamine groups is 1. The van der Waals surface area contributed by atoms with E-state index in [-0.39, 0.29) is 0 Å². The summed E-state index contributed by atoms with van der Waals surface area (Å²) in [7, 11) is 0. The van der Waals surface area contributed by atoms with Gasteiger partial charge in [-0.2, -0.15) is 0 Å². The molecule has 0 unspecified atom stereocenters. The van der Waals surface area contributed by atoms with Gasteiger partial charge in [0.15, 0.2) is 5.84 Å². The summed E-state index contributed by atoms with van der Waals surface area (Å²) in [6.45, 7) is 2.33. The average Bonchev–Trinajstić information content (AvgIpc) is 3.43. The van der Waals surface area contributed by atoms with E-state index in [1.807, 2.05) is 79.0 Å². The minimum Gasteiger partial charge on any atom is -0.456 e. The maximum absolute atomic E-state index is 9.73. The summed E-state index contributed by atoms with van der Waals surface area (Å²) >= 11 is 1.61. The fraction of sp³-hybridized carbons (Fsp3) is 0.0833. The molecule has 0 radical (unpaired) electrons. The SMILES string of the molecule is Cc1ccc(C(=NCc2cccs2)NO)c(Oc2ccc3oc4ccccc4c3c2)n1. The molecule has 2 aromatic carbocycles. The molecule has 0 fully saturated rings. The second kappa shape index (κ2) is 8.22. The van der Waals surface area contributed by atoms with Crippen LogP contribution in [0.2, 0.25) is 0 Å². The number of ether oxygens (including phenoxy) is 1. The number of hydrogen-bond donors (Lipinski definition) is 2. The van der Waals surface area contributed by atoms with Gasteiger partial charge in [0, 0.05) is 21.3 Å². The van der Waals surface area contributed by atoms with Gasteiger partial charge < -0.3 is 9.15 Å². The number of nitrogens with one attached hydrogen (secondary N) is 1. The summed E-state index contributed by atoms with van der Waals surface area (Å²) in [5.74, 6) is 1.28. The third kappa shape index (κ3) is 3.88. The molecule has 0 aliphatic heterocycles. The molecular formula is C24H19N3O3S. The van der Waals surface area contributed by atoms with Crippen molar-refractivity contribution in [3.05, 3.63) is 88.2 Å².